The summed E-state index contributed by atoms with van der Waals surface area (Å²) in [6.07, 6.45) is 12.6. The van der Waals surface area contributed by atoms with Crippen molar-refractivity contribution < 1.29 is 9.13 Å². The average Bonchev–Trinajstić information content (AvgIpc) is 2.67. The molecule has 0 N–H and O–H groups in total. The Labute approximate surface area is 168 Å². The Hall–Kier alpha value is -1.72. The Bertz CT molecular complexity index is 712. The fourth-order valence-corrected chi connectivity index (χ4v) is 5.00. The molecule has 3 saturated heterocycles. The summed E-state index contributed by atoms with van der Waals surface area (Å²) in [5.41, 5.74) is 4.14. The highest BCUT2D eigenvalue weighted by Crippen LogP contribution is 2.43. The zero-order valence-electron chi connectivity index (χ0n) is 16.9. The number of nitrogens with zero attached hydrogens (tertiary/aromatic N) is 3. The van der Waals surface area contributed by atoms with Gasteiger partial charge in [-0.3, -0.25) is 4.98 Å². The fourth-order valence-electron chi connectivity index (χ4n) is 5.00. The lowest BCUT2D eigenvalue weighted by atomic mass is 9.72. The maximum absolute atomic E-state index is 12.5. The summed E-state index contributed by atoms with van der Waals surface area (Å²) < 4.78 is 17.9. The Balaban J connectivity index is 1.31. The van der Waals surface area contributed by atoms with E-state index >= 15 is 0 Å². The van der Waals surface area contributed by atoms with Crippen LogP contribution >= 0.6 is 0 Å². The van der Waals surface area contributed by atoms with Gasteiger partial charge in [-0.1, -0.05) is 18.2 Å². The van der Waals surface area contributed by atoms with Gasteiger partial charge in [0.15, 0.2) is 0 Å². The first-order valence-electron chi connectivity index (χ1n) is 10.6. The second-order valence-corrected chi connectivity index (χ2v) is 8.68. The topological polar surface area (TPSA) is 28.6 Å². The van der Waals surface area contributed by atoms with Crippen molar-refractivity contribution >= 4 is 5.69 Å². The molecule has 0 aliphatic carbocycles. The molecule has 0 saturated carbocycles. The third kappa shape index (κ3) is 4.31. The van der Waals surface area contributed by atoms with Crippen molar-refractivity contribution in [2.24, 2.45) is 11.3 Å². The molecule has 3 aliphatic rings. The molecule has 152 valence electrons. The minimum Gasteiger partial charge on any atom is -0.381 e. The summed E-state index contributed by atoms with van der Waals surface area (Å²) in [4.78, 5) is 9.47. The van der Waals surface area contributed by atoms with Crippen molar-refractivity contribution in [3.63, 3.8) is 0 Å². The van der Waals surface area contributed by atoms with Crippen molar-refractivity contribution in [2.45, 2.75) is 26.2 Å². The van der Waals surface area contributed by atoms with E-state index < -0.39 is 6.67 Å². The van der Waals surface area contributed by atoms with Gasteiger partial charge in [0.1, 0.15) is 6.67 Å². The van der Waals surface area contributed by atoms with Crippen LogP contribution in [0, 0.1) is 11.3 Å². The predicted octanol–water partition coefficient (Wildman–Crippen LogP) is 3.64. The molecule has 1 aromatic rings. The van der Waals surface area contributed by atoms with Crippen LogP contribution in [0.3, 0.4) is 0 Å². The summed E-state index contributed by atoms with van der Waals surface area (Å²) in [6, 6.07) is 2.13. The maximum Gasteiger partial charge on any atom is 0.108 e. The molecule has 0 amide bonds. The Kier molecular flexibility index (Phi) is 6.12. The van der Waals surface area contributed by atoms with Crippen molar-refractivity contribution in [2.75, 3.05) is 57.5 Å². The molecule has 3 fully saturated rings. The molecule has 0 aromatic carbocycles. The number of likely N-dealkylation sites (tertiary alicyclic amines) is 1. The van der Waals surface area contributed by atoms with Crippen LogP contribution in [0.25, 0.3) is 0 Å². The lowest BCUT2D eigenvalue weighted by Gasteiger charge is -2.62. The highest BCUT2D eigenvalue weighted by Gasteiger charge is 2.52. The number of alkyl halides is 1. The summed E-state index contributed by atoms with van der Waals surface area (Å²) in [7, 11) is 0. The second kappa shape index (κ2) is 8.75. The normalized spacial score (nSPS) is 23.2. The molecule has 0 atom stereocenters. The zero-order chi connectivity index (χ0) is 19.4. The van der Waals surface area contributed by atoms with Gasteiger partial charge in [0, 0.05) is 75.9 Å². The largest absolute Gasteiger partial charge is 0.381 e. The number of halogens is 1. The number of hydrogen-bond donors (Lipinski definition) is 0. The first kappa shape index (κ1) is 19.6. The van der Waals surface area contributed by atoms with Gasteiger partial charge >= 0.3 is 0 Å². The van der Waals surface area contributed by atoms with E-state index in [9.17, 15) is 4.39 Å². The van der Waals surface area contributed by atoms with Gasteiger partial charge in [-0.25, -0.2) is 4.39 Å². The monoisotopic (exact) mass is 385 g/mol. The number of rotatable bonds is 7. The maximum atomic E-state index is 12.5. The van der Waals surface area contributed by atoms with Crippen LogP contribution in [0.1, 0.15) is 25.3 Å². The second-order valence-electron chi connectivity index (χ2n) is 8.68. The molecule has 0 unspecified atom stereocenters. The summed E-state index contributed by atoms with van der Waals surface area (Å²) >= 11 is 0. The first-order chi connectivity index (χ1) is 13.7. The molecule has 28 heavy (non-hydrogen) atoms. The standard InChI is InChI=1S/C23H32FN3O/c1-2-19(4-3-8-24)12-21-13-25-9-5-22(21)27-17-23(18-27)15-26(16-23)14-20-6-10-28-11-7-20/h2-5,9,13,20H,6-8,10-12,14-18H2,1H3/b4-3-,19-2+. The molecule has 1 spiro atoms. The molecule has 0 radical (unpaired) electrons. The van der Waals surface area contributed by atoms with E-state index in [1.165, 1.54) is 43.7 Å². The molecule has 4 rings (SSSR count). The quantitative estimate of drug-likeness (QED) is 0.670. The summed E-state index contributed by atoms with van der Waals surface area (Å²) in [5, 5.41) is 0. The molecule has 5 heteroatoms. The summed E-state index contributed by atoms with van der Waals surface area (Å²) in [6.45, 7) is 9.47. The molecule has 0 bridgehead atoms. The highest BCUT2D eigenvalue weighted by atomic mass is 19.1. The van der Waals surface area contributed by atoms with Crippen LogP contribution in [0.2, 0.25) is 0 Å². The van der Waals surface area contributed by atoms with E-state index in [0.717, 1.165) is 44.2 Å². The number of allylic oxidation sites excluding steroid dienone is 4. The number of pyridine rings is 1. The number of ether oxygens (including phenoxy) is 1. The van der Waals surface area contributed by atoms with Crippen molar-refractivity contribution in [3.05, 3.63) is 47.8 Å². The van der Waals surface area contributed by atoms with Gasteiger partial charge in [0.25, 0.3) is 0 Å². The number of aromatic nitrogens is 1. The van der Waals surface area contributed by atoms with Gasteiger partial charge in [0.05, 0.1) is 0 Å². The summed E-state index contributed by atoms with van der Waals surface area (Å²) in [5.74, 6) is 0.825. The molecule has 4 nitrogen and oxygen atoms in total. The lowest BCUT2D eigenvalue weighted by molar-refractivity contribution is -0.0427. The number of hydrogen-bond acceptors (Lipinski definition) is 4. The minimum atomic E-state index is -0.420. The zero-order valence-corrected chi connectivity index (χ0v) is 16.9. The Morgan fingerprint density at radius 2 is 2.07 bits per heavy atom. The van der Waals surface area contributed by atoms with Crippen LogP contribution in [0.4, 0.5) is 10.1 Å². The third-order valence-electron chi connectivity index (χ3n) is 6.43. The van der Waals surface area contributed by atoms with E-state index in [1.807, 2.05) is 25.4 Å². The third-order valence-corrected chi connectivity index (χ3v) is 6.43. The van der Waals surface area contributed by atoms with Gasteiger partial charge in [-0.15, -0.1) is 0 Å². The Morgan fingerprint density at radius 1 is 1.29 bits per heavy atom. The molecular weight excluding hydrogens is 353 g/mol. The van der Waals surface area contributed by atoms with Crippen LogP contribution in [-0.2, 0) is 11.2 Å². The lowest BCUT2D eigenvalue weighted by Crippen LogP contribution is -2.72. The van der Waals surface area contributed by atoms with E-state index in [2.05, 4.69) is 26.9 Å². The SMILES string of the molecule is C/C=C(\C=C/CF)Cc1cnccc1N1CC2(CN(CC3CCOCC3)C2)C1. The van der Waals surface area contributed by atoms with Crippen LogP contribution in [0.5, 0.6) is 0 Å². The van der Waals surface area contributed by atoms with Crippen LogP contribution in [0.15, 0.2) is 42.3 Å². The van der Waals surface area contributed by atoms with Crippen LogP contribution < -0.4 is 4.90 Å². The van der Waals surface area contributed by atoms with Crippen molar-refractivity contribution in [3.8, 4) is 0 Å². The highest BCUT2D eigenvalue weighted by molar-refractivity contribution is 5.57. The van der Waals surface area contributed by atoms with E-state index in [-0.39, 0.29) is 0 Å². The molecule has 1 aromatic heterocycles. The predicted molar refractivity (Wildman–Crippen MR) is 111 cm³/mol. The molecular formula is C23H32FN3O. The van der Waals surface area contributed by atoms with Gasteiger partial charge in [-0.05, 0) is 42.9 Å². The minimum absolute atomic E-state index is 0.420. The average molecular weight is 386 g/mol. The first-order valence-corrected chi connectivity index (χ1v) is 10.6. The van der Waals surface area contributed by atoms with Crippen LogP contribution in [-0.4, -0.2) is 62.5 Å². The van der Waals surface area contributed by atoms with Crippen molar-refractivity contribution in [1.82, 2.24) is 9.88 Å². The fraction of sp³-hybridized carbons (Fsp3) is 0.609. The van der Waals surface area contributed by atoms with E-state index in [0.29, 0.717) is 5.41 Å². The van der Waals surface area contributed by atoms with E-state index in [1.54, 1.807) is 6.08 Å². The van der Waals surface area contributed by atoms with Gasteiger partial charge in [0.2, 0.25) is 0 Å². The Morgan fingerprint density at radius 3 is 2.79 bits per heavy atom. The van der Waals surface area contributed by atoms with Crippen molar-refractivity contribution in [1.29, 1.82) is 0 Å². The smallest absolute Gasteiger partial charge is 0.108 e. The molecule has 4 heterocycles. The van der Waals surface area contributed by atoms with E-state index in [4.69, 9.17) is 4.74 Å². The van der Waals surface area contributed by atoms with Gasteiger partial charge in [-0.2, -0.15) is 0 Å². The molecule has 3 aliphatic heterocycles. The van der Waals surface area contributed by atoms with Gasteiger partial charge < -0.3 is 14.5 Å². The number of anilines is 1.